The van der Waals surface area contributed by atoms with E-state index in [0.717, 1.165) is 17.1 Å². The summed E-state index contributed by atoms with van der Waals surface area (Å²) in [6.07, 6.45) is 0. The van der Waals surface area contributed by atoms with Gasteiger partial charge in [-0.1, -0.05) is 182 Å². The van der Waals surface area contributed by atoms with Crippen molar-refractivity contribution in [2.45, 2.75) is 37.0 Å². The molecule has 1 nitrogen and oxygen atoms in total. The molecule has 12 rings (SSSR count). The van der Waals surface area contributed by atoms with E-state index in [1.807, 2.05) is 0 Å². The minimum atomic E-state index is -0.328. The molecule has 0 saturated heterocycles. The van der Waals surface area contributed by atoms with Gasteiger partial charge in [0.05, 0.1) is 0 Å². The fourth-order valence-corrected chi connectivity index (χ4v) is 11.6. The van der Waals surface area contributed by atoms with E-state index >= 15 is 0 Å². The Morgan fingerprint density at radius 2 is 0.492 bits per heavy atom. The molecule has 0 bridgehead atoms. The largest absolute Gasteiger partial charge is 0.310 e. The molecule has 3 aliphatic rings. The van der Waals surface area contributed by atoms with Crippen molar-refractivity contribution in [3.8, 4) is 33.4 Å². The van der Waals surface area contributed by atoms with Crippen molar-refractivity contribution >= 4 is 17.1 Å². The van der Waals surface area contributed by atoms with E-state index in [0.29, 0.717) is 0 Å². The van der Waals surface area contributed by atoms with Crippen LogP contribution in [0.1, 0.15) is 70.8 Å². The smallest absolute Gasteiger partial charge is 0.0465 e. The van der Waals surface area contributed by atoms with Crippen LogP contribution in [0.15, 0.2) is 218 Å². The zero-order valence-corrected chi connectivity index (χ0v) is 34.7. The van der Waals surface area contributed by atoms with Crippen molar-refractivity contribution in [3.05, 3.63) is 268 Å². The molecule has 9 aromatic rings. The number of anilines is 3. The second-order valence-corrected chi connectivity index (χ2v) is 17.6. The molecule has 0 fully saturated rings. The van der Waals surface area contributed by atoms with Gasteiger partial charge in [0.1, 0.15) is 0 Å². The standard InChI is InChI=1S/C60H45N/c1-58(40-19-7-4-8-20-40)52-28-16-13-25-46(52)49-34-31-43(37-55(49)58)61(44-32-35-50-47-26-14-17-29-53(47)59(2,56(50)38-44)41-21-9-5-10-22-41)45-33-36-51-48-27-15-18-30-54(48)60(3,57(51)39-45)42-23-11-6-12-24-42/h4-39H,1-3H3. The number of rotatable bonds is 6. The van der Waals surface area contributed by atoms with Crippen LogP contribution in [-0.4, -0.2) is 0 Å². The molecular weight excluding hydrogens is 735 g/mol. The van der Waals surface area contributed by atoms with Crippen LogP contribution in [0.25, 0.3) is 33.4 Å². The molecule has 290 valence electrons. The van der Waals surface area contributed by atoms with Gasteiger partial charge < -0.3 is 4.90 Å². The highest BCUT2D eigenvalue weighted by Gasteiger charge is 2.44. The second-order valence-electron chi connectivity index (χ2n) is 17.6. The minimum Gasteiger partial charge on any atom is -0.310 e. The Bertz CT molecular complexity index is 2840. The minimum absolute atomic E-state index is 0.328. The molecular formula is C60H45N. The van der Waals surface area contributed by atoms with Gasteiger partial charge in [-0.3, -0.25) is 0 Å². The zero-order chi connectivity index (χ0) is 40.9. The number of nitrogens with zero attached hydrogens (tertiary/aromatic N) is 1. The van der Waals surface area contributed by atoms with Gasteiger partial charge in [0.25, 0.3) is 0 Å². The molecule has 61 heavy (non-hydrogen) atoms. The summed E-state index contributed by atoms with van der Waals surface area (Å²) in [6, 6.07) is 81.8. The van der Waals surface area contributed by atoms with E-state index in [4.69, 9.17) is 0 Å². The van der Waals surface area contributed by atoms with Crippen LogP contribution in [0.3, 0.4) is 0 Å². The lowest BCUT2D eigenvalue weighted by molar-refractivity contribution is 0.712. The van der Waals surface area contributed by atoms with Crippen molar-refractivity contribution < 1.29 is 0 Å². The SMILES string of the molecule is CC1(c2ccccc2)c2ccccc2-c2ccc(N(c3ccc4c(c3)C(C)(c3ccccc3)c3ccccc3-4)c3ccc4c(c3)C(C)(c3ccccc3)c3ccccc3-4)cc21. The maximum atomic E-state index is 2.53. The second kappa shape index (κ2) is 13.1. The van der Waals surface area contributed by atoms with E-state index in [-0.39, 0.29) is 16.2 Å². The summed E-state index contributed by atoms with van der Waals surface area (Å²) in [6.45, 7) is 7.24. The summed E-state index contributed by atoms with van der Waals surface area (Å²) in [7, 11) is 0. The lowest BCUT2D eigenvalue weighted by atomic mass is 9.74. The lowest BCUT2D eigenvalue weighted by Crippen LogP contribution is -2.24. The molecule has 0 amide bonds. The quantitative estimate of drug-likeness (QED) is 0.162. The molecule has 0 saturated carbocycles. The Balaban J connectivity index is 1.11. The fraction of sp³-hybridized carbons (Fsp3) is 0.100. The highest BCUT2D eigenvalue weighted by atomic mass is 15.1. The molecule has 0 aromatic heterocycles. The third-order valence-corrected chi connectivity index (χ3v) is 14.7. The zero-order valence-electron chi connectivity index (χ0n) is 34.7. The number of fused-ring (bicyclic) bond motifs is 9. The van der Waals surface area contributed by atoms with Crippen LogP contribution in [0.4, 0.5) is 17.1 Å². The third-order valence-electron chi connectivity index (χ3n) is 14.7. The van der Waals surface area contributed by atoms with Crippen LogP contribution >= 0.6 is 0 Å². The number of hydrogen-bond acceptors (Lipinski definition) is 1. The van der Waals surface area contributed by atoms with E-state index < -0.39 is 0 Å². The van der Waals surface area contributed by atoms with Gasteiger partial charge >= 0.3 is 0 Å². The molecule has 9 aromatic carbocycles. The van der Waals surface area contributed by atoms with E-state index in [9.17, 15) is 0 Å². The first kappa shape index (κ1) is 35.7. The van der Waals surface area contributed by atoms with Crippen LogP contribution < -0.4 is 4.90 Å². The fourth-order valence-electron chi connectivity index (χ4n) is 11.6. The van der Waals surface area contributed by atoms with Gasteiger partial charge in [0.2, 0.25) is 0 Å². The Labute approximate surface area is 359 Å². The number of hydrogen-bond donors (Lipinski definition) is 0. The molecule has 0 aliphatic heterocycles. The first-order valence-electron chi connectivity index (χ1n) is 21.6. The summed E-state index contributed by atoms with van der Waals surface area (Å²) >= 11 is 0. The molecule has 3 aliphatic carbocycles. The first-order valence-corrected chi connectivity index (χ1v) is 21.6. The Morgan fingerprint density at radius 1 is 0.246 bits per heavy atom. The van der Waals surface area contributed by atoms with E-state index in [1.165, 1.54) is 83.5 Å². The van der Waals surface area contributed by atoms with E-state index in [1.54, 1.807) is 0 Å². The Hall–Kier alpha value is -7.22. The van der Waals surface area contributed by atoms with Gasteiger partial charge in [-0.05, 0) is 141 Å². The Morgan fingerprint density at radius 3 is 0.787 bits per heavy atom. The van der Waals surface area contributed by atoms with Crippen molar-refractivity contribution in [2.75, 3.05) is 4.90 Å². The topological polar surface area (TPSA) is 3.24 Å². The van der Waals surface area contributed by atoms with Gasteiger partial charge in [-0.2, -0.15) is 0 Å². The summed E-state index contributed by atoms with van der Waals surface area (Å²) in [5, 5.41) is 0. The summed E-state index contributed by atoms with van der Waals surface area (Å²) < 4.78 is 0. The third kappa shape index (κ3) is 4.89. The van der Waals surface area contributed by atoms with Crippen LogP contribution in [0.5, 0.6) is 0 Å². The molecule has 0 spiro atoms. The van der Waals surface area contributed by atoms with Crippen molar-refractivity contribution in [1.29, 1.82) is 0 Å². The normalized spacial score (nSPS) is 19.9. The summed E-state index contributed by atoms with van der Waals surface area (Å²) in [5.41, 5.74) is 22.2. The molecule has 0 radical (unpaired) electrons. The first-order chi connectivity index (χ1) is 29.9. The highest BCUT2D eigenvalue weighted by Crippen LogP contribution is 2.58. The monoisotopic (exact) mass is 779 g/mol. The van der Waals surface area contributed by atoms with Crippen LogP contribution in [0.2, 0.25) is 0 Å². The van der Waals surface area contributed by atoms with Crippen molar-refractivity contribution in [2.24, 2.45) is 0 Å². The van der Waals surface area contributed by atoms with Gasteiger partial charge in [0.15, 0.2) is 0 Å². The predicted molar refractivity (Wildman–Crippen MR) is 253 cm³/mol. The molecule has 0 heterocycles. The predicted octanol–water partition coefficient (Wildman–Crippen LogP) is 15.2. The molecule has 0 N–H and O–H groups in total. The lowest BCUT2D eigenvalue weighted by Gasteiger charge is -2.33. The molecule has 3 unspecified atom stereocenters. The van der Waals surface area contributed by atoms with Crippen molar-refractivity contribution in [3.63, 3.8) is 0 Å². The van der Waals surface area contributed by atoms with Crippen molar-refractivity contribution in [1.82, 2.24) is 0 Å². The van der Waals surface area contributed by atoms with Crippen LogP contribution in [0, 0.1) is 0 Å². The summed E-state index contributed by atoms with van der Waals surface area (Å²) in [4.78, 5) is 2.53. The average molecular weight is 780 g/mol. The van der Waals surface area contributed by atoms with Gasteiger partial charge in [-0.25, -0.2) is 0 Å². The van der Waals surface area contributed by atoms with Crippen LogP contribution in [-0.2, 0) is 16.2 Å². The summed E-state index contributed by atoms with van der Waals surface area (Å²) in [5.74, 6) is 0. The maximum Gasteiger partial charge on any atom is 0.0465 e. The molecule has 1 heteroatoms. The average Bonchev–Trinajstić information content (AvgIpc) is 3.86. The molecule has 3 atom stereocenters. The maximum absolute atomic E-state index is 2.53. The highest BCUT2D eigenvalue weighted by molar-refractivity contribution is 5.92. The number of benzene rings is 9. The van der Waals surface area contributed by atoms with Gasteiger partial charge in [0, 0.05) is 33.3 Å². The Kier molecular flexibility index (Phi) is 7.69. The van der Waals surface area contributed by atoms with E-state index in [2.05, 4.69) is 244 Å². The van der Waals surface area contributed by atoms with Gasteiger partial charge in [-0.15, -0.1) is 0 Å².